The molecule has 2 aromatic rings. The van der Waals surface area contributed by atoms with Gasteiger partial charge in [0.2, 0.25) is 5.78 Å². The number of carbonyl (C=O) groups is 2. The minimum absolute atomic E-state index is 0.0411. The lowest BCUT2D eigenvalue weighted by atomic mass is 9.85. The van der Waals surface area contributed by atoms with Gasteiger partial charge in [-0.2, -0.15) is 0 Å². The number of hydrogen-bond acceptors (Lipinski definition) is 6. The van der Waals surface area contributed by atoms with E-state index in [0.29, 0.717) is 30.8 Å². The number of amides is 1. The Balaban J connectivity index is 1.17. The van der Waals surface area contributed by atoms with Crippen LogP contribution in [0.3, 0.4) is 0 Å². The van der Waals surface area contributed by atoms with Gasteiger partial charge in [-0.1, -0.05) is 36.4 Å². The molecule has 34 heavy (non-hydrogen) atoms. The summed E-state index contributed by atoms with van der Waals surface area (Å²) in [5.74, 6) is 0.291. The van der Waals surface area contributed by atoms with Gasteiger partial charge in [-0.05, 0) is 42.2 Å². The first kappa shape index (κ1) is 22.8. The lowest BCUT2D eigenvalue weighted by Crippen LogP contribution is -2.50. The number of hydroxylamine groups is 1. The molecule has 3 aliphatic rings. The van der Waals surface area contributed by atoms with Crippen LogP contribution in [0.1, 0.15) is 53.6 Å². The first-order chi connectivity index (χ1) is 16.6. The highest BCUT2D eigenvalue weighted by Gasteiger charge is 2.49. The molecule has 5 rings (SSSR count). The second kappa shape index (κ2) is 10.1. The van der Waals surface area contributed by atoms with Crippen molar-refractivity contribution in [2.24, 2.45) is 0 Å². The van der Waals surface area contributed by atoms with Crippen LogP contribution in [0.4, 0.5) is 0 Å². The summed E-state index contributed by atoms with van der Waals surface area (Å²) < 4.78 is 11.6. The number of hydrogen-bond donors (Lipinski definition) is 1. The summed E-state index contributed by atoms with van der Waals surface area (Å²) in [6.45, 7) is 3.15. The average molecular weight is 463 g/mol. The van der Waals surface area contributed by atoms with Crippen LogP contribution in [0.25, 0.3) is 6.08 Å². The van der Waals surface area contributed by atoms with Gasteiger partial charge in [-0.25, -0.2) is 10.3 Å². The number of Topliss-reactive ketones (excluding diaryl/α,β-unsaturated/α-hetero) is 1. The quantitative estimate of drug-likeness (QED) is 0.519. The van der Waals surface area contributed by atoms with Gasteiger partial charge in [-0.15, -0.1) is 0 Å². The van der Waals surface area contributed by atoms with E-state index < -0.39 is 11.9 Å². The fourth-order valence-electron chi connectivity index (χ4n) is 4.80. The molecule has 3 aliphatic heterocycles. The molecule has 0 radical (unpaired) electrons. The molecule has 7 nitrogen and oxygen atoms in total. The third kappa shape index (κ3) is 5.06. The SMILES string of the molecule is O=C(C=Cc1ccc2c(c1)C(=O)C1(CCN(Cc3ccccc3)CC1)O2)NOC1CCCCO1. The fraction of sp³-hybridized carbons (Fsp3) is 0.407. The maximum absolute atomic E-state index is 13.3. The molecule has 178 valence electrons. The molecule has 0 aromatic heterocycles. The topological polar surface area (TPSA) is 77.1 Å². The van der Waals surface area contributed by atoms with Crippen molar-refractivity contribution in [3.63, 3.8) is 0 Å². The van der Waals surface area contributed by atoms with Crippen LogP contribution in [0.5, 0.6) is 5.75 Å². The van der Waals surface area contributed by atoms with Crippen LogP contribution in [0.2, 0.25) is 0 Å². The zero-order valence-corrected chi connectivity index (χ0v) is 19.2. The summed E-state index contributed by atoms with van der Waals surface area (Å²) in [4.78, 5) is 33.1. The first-order valence-electron chi connectivity index (χ1n) is 12.0. The van der Waals surface area contributed by atoms with E-state index in [1.807, 2.05) is 18.2 Å². The molecule has 2 aromatic carbocycles. The predicted molar refractivity (Wildman–Crippen MR) is 127 cm³/mol. The van der Waals surface area contributed by atoms with Crippen molar-refractivity contribution in [3.8, 4) is 5.75 Å². The molecule has 7 heteroatoms. The van der Waals surface area contributed by atoms with E-state index in [1.165, 1.54) is 11.6 Å². The molecule has 1 N–H and O–H groups in total. The average Bonchev–Trinajstić information content (AvgIpc) is 3.15. The van der Waals surface area contributed by atoms with Gasteiger partial charge in [0.25, 0.3) is 5.91 Å². The second-order valence-corrected chi connectivity index (χ2v) is 9.16. The number of nitrogens with one attached hydrogen (secondary N) is 1. The summed E-state index contributed by atoms with van der Waals surface area (Å²) in [5, 5.41) is 0. The second-order valence-electron chi connectivity index (χ2n) is 9.16. The third-order valence-corrected chi connectivity index (χ3v) is 6.74. The summed E-state index contributed by atoms with van der Waals surface area (Å²) >= 11 is 0. The fourth-order valence-corrected chi connectivity index (χ4v) is 4.80. The molecule has 1 spiro atoms. The molecule has 2 saturated heterocycles. The van der Waals surface area contributed by atoms with Crippen molar-refractivity contribution in [1.29, 1.82) is 0 Å². The Morgan fingerprint density at radius 1 is 1.15 bits per heavy atom. The largest absolute Gasteiger partial charge is 0.478 e. The van der Waals surface area contributed by atoms with Gasteiger partial charge in [0, 0.05) is 51.6 Å². The number of nitrogens with zero attached hydrogens (tertiary/aromatic N) is 1. The third-order valence-electron chi connectivity index (χ3n) is 6.74. The molecule has 3 heterocycles. The smallest absolute Gasteiger partial charge is 0.267 e. The predicted octanol–water partition coefficient (Wildman–Crippen LogP) is 3.88. The molecule has 0 saturated carbocycles. The molecule has 1 amide bonds. The molecule has 0 aliphatic carbocycles. The molecule has 0 bridgehead atoms. The highest BCUT2D eigenvalue weighted by molar-refractivity contribution is 6.08. The molecule has 1 unspecified atom stereocenters. The van der Waals surface area contributed by atoms with Gasteiger partial charge in [0.15, 0.2) is 11.9 Å². The van der Waals surface area contributed by atoms with Crippen molar-refractivity contribution in [3.05, 3.63) is 71.3 Å². The zero-order valence-electron chi connectivity index (χ0n) is 19.2. The van der Waals surface area contributed by atoms with E-state index in [9.17, 15) is 9.59 Å². The van der Waals surface area contributed by atoms with Crippen LogP contribution in [-0.4, -0.2) is 48.2 Å². The maximum atomic E-state index is 13.3. The van der Waals surface area contributed by atoms with E-state index >= 15 is 0 Å². The van der Waals surface area contributed by atoms with Crippen LogP contribution in [0, 0.1) is 0 Å². The maximum Gasteiger partial charge on any atom is 0.267 e. The number of carbonyl (C=O) groups excluding carboxylic acids is 2. The lowest BCUT2D eigenvalue weighted by Gasteiger charge is -2.37. The van der Waals surface area contributed by atoms with E-state index in [0.717, 1.165) is 44.5 Å². The van der Waals surface area contributed by atoms with Crippen molar-refractivity contribution in [2.75, 3.05) is 19.7 Å². The number of piperidine rings is 1. The monoisotopic (exact) mass is 462 g/mol. The molecular formula is C27H30N2O5. The minimum atomic E-state index is -0.775. The number of ether oxygens (including phenoxy) is 2. The Labute approximate surface area is 199 Å². The molecule has 2 fully saturated rings. The Morgan fingerprint density at radius 2 is 1.97 bits per heavy atom. The number of fused-ring (bicyclic) bond motifs is 1. The Bertz CT molecular complexity index is 1050. The van der Waals surface area contributed by atoms with Crippen LogP contribution >= 0.6 is 0 Å². The summed E-state index contributed by atoms with van der Waals surface area (Å²) in [6, 6.07) is 15.9. The van der Waals surface area contributed by atoms with E-state index in [2.05, 4.69) is 34.6 Å². The van der Waals surface area contributed by atoms with Crippen molar-refractivity contribution < 1.29 is 23.9 Å². The van der Waals surface area contributed by atoms with Crippen LogP contribution in [0.15, 0.2) is 54.6 Å². The van der Waals surface area contributed by atoms with Crippen molar-refractivity contribution in [2.45, 2.75) is 50.5 Å². The number of benzene rings is 2. The molecule has 1 atom stereocenters. The molecular weight excluding hydrogens is 432 g/mol. The van der Waals surface area contributed by atoms with E-state index in [4.69, 9.17) is 14.3 Å². The van der Waals surface area contributed by atoms with Crippen LogP contribution < -0.4 is 10.2 Å². The highest BCUT2D eigenvalue weighted by atomic mass is 16.8. The Morgan fingerprint density at radius 3 is 2.74 bits per heavy atom. The van der Waals surface area contributed by atoms with Crippen molar-refractivity contribution >= 4 is 17.8 Å². The van der Waals surface area contributed by atoms with Gasteiger partial charge in [0.05, 0.1) is 5.56 Å². The zero-order chi connectivity index (χ0) is 23.4. The van der Waals surface area contributed by atoms with Crippen LogP contribution in [-0.2, 0) is 20.9 Å². The van der Waals surface area contributed by atoms with Crippen molar-refractivity contribution in [1.82, 2.24) is 10.4 Å². The normalized spacial score (nSPS) is 22.0. The lowest BCUT2D eigenvalue weighted by molar-refractivity contribution is -0.198. The van der Waals surface area contributed by atoms with Gasteiger partial charge >= 0.3 is 0 Å². The van der Waals surface area contributed by atoms with Gasteiger partial charge < -0.3 is 9.47 Å². The summed E-state index contributed by atoms with van der Waals surface area (Å²) in [6.07, 6.45) is 6.81. The summed E-state index contributed by atoms with van der Waals surface area (Å²) in [7, 11) is 0. The van der Waals surface area contributed by atoms with Gasteiger partial charge in [-0.3, -0.25) is 14.5 Å². The number of rotatable bonds is 6. The number of likely N-dealkylation sites (tertiary alicyclic amines) is 1. The van der Waals surface area contributed by atoms with Gasteiger partial charge in [0.1, 0.15) is 5.75 Å². The summed E-state index contributed by atoms with van der Waals surface area (Å²) in [5.41, 5.74) is 4.26. The van der Waals surface area contributed by atoms with E-state index in [1.54, 1.807) is 12.1 Å². The first-order valence-corrected chi connectivity index (χ1v) is 12.0. The van der Waals surface area contributed by atoms with E-state index in [-0.39, 0.29) is 11.7 Å². The highest BCUT2D eigenvalue weighted by Crippen LogP contribution is 2.41. The minimum Gasteiger partial charge on any atom is -0.478 e. The standard InChI is InChI=1S/C27H30N2O5/c30-24(28-34-25-8-4-5-17-32-25)12-10-20-9-11-23-22(18-20)26(31)27(33-23)13-15-29(16-14-27)19-21-6-2-1-3-7-21/h1-3,6-7,9-12,18,25H,4-5,8,13-17,19H2,(H,28,30). The Hall–Kier alpha value is -3.00. The number of ketones is 1. The Kier molecular flexibility index (Phi) is 6.76.